The number of amidine groups is 1. The zero-order valence-corrected chi connectivity index (χ0v) is 10.5. The summed E-state index contributed by atoms with van der Waals surface area (Å²) >= 11 is 0. The maximum atomic E-state index is 11.8. The highest BCUT2D eigenvalue weighted by Crippen LogP contribution is 2.08. The molecule has 1 unspecified atom stereocenters. The second-order valence-electron chi connectivity index (χ2n) is 3.56. The van der Waals surface area contributed by atoms with Gasteiger partial charge in [-0.1, -0.05) is 0 Å². The quantitative estimate of drug-likeness (QED) is 0.295. The lowest BCUT2D eigenvalue weighted by Crippen LogP contribution is -2.53. The van der Waals surface area contributed by atoms with Gasteiger partial charge >= 0.3 is 0 Å². The minimum Gasteiger partial charge on any atom is -0.385 e. The minimum absolute atomic E-state index is 0.0671. The van der Waals surface area contributed by atoms with Crippen molar-refractivity contribution in [2.45, 2.75) is 6.10 Å². The lowest BCUT2D eigenvalue weighted by Gasteiger charge is -2.31. The summed E-state index contributed by atoms with van der Waals surface area (Å²) in [6.45, 7) is 1.07. The van der Waals surface area contributed by atoms with Gasteiger partial charge in [-0.05, 0) is 0 Å². The number of methoxy groups -OCH3 is 1. The Kier molecular flexibility index (Phi) is 5.28. The normalized spacial score (nSPS) is 22.5. The Hall–Kier alpha value is -0.740. The van der Waals surface area contributed by atoms with Crippen molar-refractivity contribution in [3.8, 4) is 0 Å². The van der Waals surface area contributed by atoms with Crippen LogP contribution in [0.5, 0.6) is 0 Å². The van der Waals surface area contributed by atoms with Crippen LogP contribution in [0.3, 0.4) is 0 Å². The van der Waals surface area contributed by atoms with E-state index in [9.17, 15) is 8.42 Å². The van der Waals surface area contributed by atoms with E-state index in [0.717, 1.165) is 0 Å². The SMILES string of the molecule is COCCNS(=O)(=O)N1CCOC(C(=N)N)C1. The molecule has 100 valence electrons. The minimum atomic E-state index is -3.55. The van der Waals surface area contributed by atoms with Crippen LogP contribution in [0.4, 0.5) is 0 Å². The Morgan fingerprint density at radius 2 is 2.41 bits per heavy atom. The molecule has 1 atom stereocenters. The van der Waals surface area contributed by atoms with Crippen molar-refractivity contribution in [1.29, 1.82) is 5.41 Å². The Bertz CT molecular complexity index is 359. The fourth-order valence-corrected chi connectivity index (χ4v) is 2.57. The van der Waals surface area contributed by atoms with E-state index in [4.69, 9.17) is 20.6 Å². The van der Waals surface area contributed by atoms with E-state index in [1.165, 1.54) is 11.4 Å². The van der Waals surface area contributed by atoms with Crippen molar-refractivity contribution in [3.05, 3.63) is 0 Å². The Morgan fingerprint density at radius 1 is 1.71 bits per heavy atom. The lowest BCUT2D eigenvalue weighted by molar-refractivity contribution is 0.0363. The molecule has 9 heteroatoms. The summed E-state index contributed by atoms with van der Waals surface area (Å²) in [5.74, 6) is -0.165. The number of nitrogens with two attached hydrogens (primary N) is 1. The number of hydrogen-bond donors (Lipinski definition) is 3. The van der Waals surface area contributed by atoms with Crippen LogP contribution in [-0.2, 0) is 19.7 Å². The Balaban J connectivity index is 2.55. The molecule has 0 spiro atoms. The molecular weight excluding hydrogens is 248 g/mol. The molecule has 0 radical (unpaired) electrons. The molecule has 1 rings (SSSR count). The standard InChI is InChI=1S/C8H18N4O4S/c1-15-4-2-11-17(13,14)12-3-5-16-7(6-12)8(9)10/h7,11H,2-6H2,1H3,(H3,9,10). The van der Waals surface area contributed by atoms with Gasteiger partial charge < -0.3 is 15.2 Å². The van der Waals surface area contributed by atoms with Gasteiger partial charge in [0.25, 0.3) is 10.2 Å². The van der Waals surface area contributed by atoms with Crippen molar-refractivity contribution in [1.82, 2.24) is 9.03 Å². The second-order valence-corrected chi connectivity index (χ2v) is 5.32. The van der Waals surface area contributed by atoms with Gasteiger partial charge in [-0.25, -0.2) is 0 Å². The zero-order chi connectivity index (χ0) is 12.9. The van der Waals surface area contributed by atoms with Gasteiger partial charge in [0.1, 0.15) is 11.9 Å². The fourth-order valence-electron chi connectivity index (χ4n) is 1.40. The Morgan fingerprint density at radius 3 is 3.00 bits per heavy atom. The molecule has 0 bridgehead atoms. The molecule has 0 aromatic rings. The van der Waals surface area contributed by atoms with Gasteiger partial charge in [-0.3, -0.25) is 5.41 Å². The molecule has 0 aromatic carbocycles. The second kappa shape index (κ2) is 6.26. The summed E-state index contributed by atoms with van der Waals surface area (Å²) < 4.78 is 37.2. The number of hydrogen-bond acceptors (Lipinski definition) is 5. The molecule has 0 aromatic heterocycles. The van der Waals surface area contributed by atoms with Crippen molar-refractivity contribution >= 4 is 16.0 Å². The zero-order valence-electron chi connectivity index (χ0n) is 9.68. The van der Waals surface area contributed by atoms with Crippen molar-refractivity contribution in [3.63, 3.8) is 0 Å². The molecule has 1 aliphatic heterocycles. The summed E-state index contributed by atoms with van der Waals surface area (Å²) in [7, 11) is -2.06. The fraction of sp³-hybridized carbons (Fsp3) is 0.875. The average molecular weight is 266 g/mol. The first kappa shape index (κ1) is 14.3. The van der Waals surface area contributed by atoms with E-state index >= 15 is 0 Å². The number of rotatable bonds is 6. The van der Waals surface area contributed by atoms with E-state index in [2.05, 4.69) is 4.72 Å². The number of nitrogens with one attached hydrogen (secondary N) is 2. The molecule has 17 heavy (non-hydrogen) atoms. The third-order valence-electron chi connectivity index (χ3n) is 2.31. The highest BCUT2D eigenvalue weighted by Gasteiger charge is 2.30. The van der Waals surface area contributed by atoms with Gasteiger partial charge in [-0.2, -0.15) is 17.4 Å². The van der Waals surface area contributed by atoms with Crippen LogP contribution in [0.25, 0.3) is 0 Å². The number of morpholine rings is 1. The van der Waals surface area contributed by atoms with Gasteiger partial charge in [-0.15, -0.1) is 0 Å². The van der Waals surface area contributed by atoms with Gasteiger partial charge in [0.2, 0.25) is 0 Å². The largest absolute Gasteiger partial charge is 0.385 e. The monoisotopic (exact) mass is 266 g/mol. The summed E-state index contributed by atoms with van der Waals surface area (Å²) in [6.07, 6.45) is -0.664. The van der Waals surface area contributed by atoms with Gasteiger partial charge in [0, 0.05) is 26.7 Å². The van der Waals surface area contributed by atoms with Gasteiger partial charge in [0.05, 0.1) is 13.2 Å². The molecule has 1 saturated heterocycles. The Labute approximate surface area is 101 Å². The van der Waals surface area contributed by atoms with Crippen molar-refractivity contribution in [2.24, 2.45) is 5.73 Å². The third-order valence-corrected chi connectivity index (χ3v) is 3.89. The van der Waals surface area contributed by atoms with E-state index in [0.29, 0.717) is 6.61 Å². The average Bonchev–Trinajstić information content (AvgIpc) is 2.29. The van der Waals surface area contributed by atoms with Gasteiger partial charge in [0.15, 0.2) is 0 Å². The smallest absolute Gasteiger partial charge is 0.279 e. The summed E-state index contributed by atoms with van der Waals surface area (Å²) in [4.78, 5) is 0. The topological polar surface area (TPSA) is 118 Å². The highest BCUT2D eigenvalue weighted by atomic mass is 32.2. The molecule has 0 aliphatic carbocycles. The first-order chi connectivity index (χ1) is 7.97. The third kappa shape index (κ3) is 4.21. The maximum Gasteiger partial charge on any atom is 0.279 e. The molecule has 8 nitrogen and oxygen atoms in total. The lowest BCUT2D eigenvalue weighted by atomic mass is 10.3. The molecular formula is C8H18N4O4S. The van der Waals surface area contributed by atoms with E-state index in [-0.39, 0.29) is 32.1 Å². The molecule has 4 N–H and O–H groups in total. The van der Waals surface area contributed by atoms with Crippen molar-refractivity contribution < 1.29 is 17.9 Å². The molecule has 1 aliphatic rings. The van der Waals surface area contributed by atoms with Crippen LogP contribution >= 0.6 is 0 Å². The number of nitrogens with zero attached hydrogens (tertiary/aromatic N) is 1. The van der Waals surface area contributed by atoms with Crippen molar-refractivity contribution in [2.75, 3.05) is 40.0 Å². The van der Waals surface area contributed by atoms with Crippen LogP contribution in [-0.4, -0.2) is 64.6 Å². The van der Waals surface area contributed by atoms with Crippen LogP contribution in [0, 0.1) is 5.41 Å². The first-order valence-corrected chi connectivity index (χ1v) is 6.60. The van der Waals surface area contributed by atoms with E-state index in [1.807, 2.05) is 0 Å². The molecule has 0 amide bonds. The summed E-state index contributed by atoms with van der Waals surface area (Å²) in [5, 5.41) is 7.24. The van der Waals surface area contributed by atoms with Crippen LogP contribution in [0.15, 0.2) is 0 Å². The van der Waals surface area contributed by atoms with E-state index in [1.54, 1.807) is 0 Å². The maximum absolute atomic E-state index is 11.8. The predicted octanol–water partition coefficient (Wildman–Crippen LogP) is -1.90. The predicted molar refractivity (Wildman–Crippen MR) is 62.0 cm³/mol. The van der Waals surface area contributed by atoms with Crippen LogP contribution in [0.2, 0.25) is 0 Å². The van der Waals surface area contributed by atoms with Crippen LogP contribution in [0.1, 0.15) is 0 Å². The summed E-state index contributed by atoms with van der Waals surface area (Å²) in [5.41, 5.74) is 5.29. The van der Waals surface area contributed by atoms with E-state index < -0.39 is 16.3 Å². The summed E-state index contributed by atoms with van der Waals surface area (Å²) in [6, 6.07) is 0. The van der Waals surface area contributed by atoms with Crippen LogP contribution < -0.4 is 10.5 Å². The highest BCUT2D eigenvalue weighted by molar-refractivity contribution is 7.87. The molecule has 1 heterocycles. The first-order valence-electron chi connectivity index (χ1n) is 5.16. The molecule has 1 fully saturated rings. The molecule has 0 saturated carbocycles. The number of ether oxygens (including phenoxy) is 2.